The molecule has 0 radical (unpaired) electrons. The molecule has 2 aromatic rings. The number of rotatable bonds is 5. The van der Waals surface area contributed by atoms with E-state index in [2.05, 4.69) is 37.5 Å². The zero-order chi connectivity index (χ0) is 15.1. The number of hydrogen-bond acceptors (Lipinski definition) is 6. The quantitative estimate of drug-likeness (QED) is 0.494. The first-order chi connectivity index (χ1) is 10.2. The fourth-order valence-electron chi connectivity index (χ4n) is 1.46. The van der Waals surface area contributed by atoms with Gasteiger partial charge in [-0.3, -0.25) is 0 Å². The van der Waals surface area contributed by atoms with E-state index in [1.807, 2.05) is 13.0 Å². The molecule has 2 N–H and O–H groups in total. The van der Waals surface area contributed by atoms with Crippen LogP contribution in [-0.4, -0.2) is 31.6 Å². The van der Waals surface area contributed by atoms with Crippen molar-refractivity contribution in [1.82, 2.24) is 25.3 Å². The minimum Gasteiger partial charge on any atom is -0.362 e. The Morgan fingerprint density at radius 1 is 1.29 bits per heavy atom. The van der Waals surface area contributed by atoms with E-state index < -0.39 is 0 Å². The molecule has 8 heteroatoms. The summed E-state index contributed by atoms with van der Waals surface area (Å²) in [6.45, 7) is 4.80. The molecule has 110 valence electrons. The van der Waals surface area contributed by atoms with Gasteiger partial charge < -0.3 is 10.6 Å². The van der Waals surface area contributed by atoms with Crippen molar-refractivity contribution in [2.24, 2.45) is 0 Å². The number of hydrogen-bond donors (Lipinski definition) is 2. The average molecular weight is 320 g/mol. The van der Waals surface area contributed by atoms with Crippen LogP contribution < -0.4 is 10.6 Å². The summed E-state index contributed by atoms with van der Waals surface area (Å²) in [6, 6.07) is 3.66. The van der Waals surface area contributed by atoms with Crippen molar-refractivity contribution in [3.8, 4) is 0 Å². The molecule has 0 atom stereocenters. The summed E-state index contributed by atoms with van der Waals surface area (Å²) in [5, 5.41) is 8.01. The highest BCUT2D eigenvalue weighted by Crippen LogP contribution is 2.23. The second kappa shape index (κ2) is 7.84. The van der Waals surface area contributed by atoms with E-state index in [4.69, 9.17) is 12.2 Å². The molecule has 0 saturated heterocycles. The lowest BCUT2D eigenvalue weighted by Gasteiger charge is -2.09. The van der Waals surface area contributed by atoms with E-state index in [1.54, 1.807) is 18.5 Å². The Morgan fingerprint density at radius 3 is 2.76 bits per heavy atom. The molecule has 0 amide bonds. The summed E-state index contributed by atoms with van der Waals surface area (Å²) in [5.41, 5.74) is 0.851. The molecule has 0 bridgehead atoms. The maximum atomic E-state index is 5.18. The molecule has 0 spiro atoms. The molecule has 0 fully saturated rings. The Bertz CT molecular complexity index is 605. The molecule has 2 aromatic heterocycles. The number of thiocarbonyl (C=S) groups is 1. The number of aryl methyl sites for hydroxylation is 1. The van der Waals surface area contributed by atoms with Gasteiger partial charge in [-0.25, -0.2) is 19.9 Å². The van der Waals surface area contributed by atoms with Crippen LogP contribution in [-0.2, 0) is 0 Å². The third-order valence-corrected chi connectivity index (χ3v) is 3.39. The molecule has 0 aliphatic heterocycles. The minimum atomic E-state index is 0.474. The van der Waals surface area contributed by atoms with Gasteiger partial charge in [-0.15, -0.1) is 0 Å². The van der Waals surface area contributed by atoms with Crippen LogP contribution in [0.5, 0.6) is 0 Å². The fourth-order valence-corrected chi connectivity index (χ4v) is 2.43. The highest BCUT2D eigenvalue weighted by Gasteiger charge is 2.07. The van der Waals surface area contributed by atoms with Gasteiger partial charge in [0.2, 0.25) is 5.95 Å². The van der Waals surface area contributed by atoms with Crippen molar-refractivity contribution in [1.29, 1.82) is 0 Å². The van der Waals surface area contributed by atoms with Crippen molar-refractivity contribution >= 4 is 35.0 Å². The monoisotopic (exact) mass is 320 g/mol. The van der Waals surface area contributed by atoms with Crippen molar-refractivity contribution in [3.63, 3.8) is 0 Å². The van der Waals surface area contributed by atoms with Crippen LogP contribution in [0.4, 0.5) is 5.95 Å². The Hall–Kier alpha value is -1.80. The molecule has 2 heterocycles. The third-order valence-electron chi connectivity index (χ3n) is 2.33. The standard InChI is InChI=1S/C13H16N6S2/c1-3-5-14-12(20)19-11-17-9(2)8-10(18-11)21-13-15-6-4-7-16-13/h4,6-8H,3,5H2,1-2H3,(H2,14,17,18,19,20). The largest absolute Gasteiger partial charge is 0.362 e. The van der Waals surface area contributed by atoms with E-state index in [0.29, 0.717) is 16.2 Å². The second-order valence-electron chi connectivity index (χ2n) is 4.19. The normalized spacial score (nSPS) is 10.2. The molecular weight excluding hydrogens is 304 g/mol. The van der Waals surface area contributed by atoms with E-state index in [1.165, 1.54) is 11.8 Å². The zero-order valence-electron chi connectivity index (χ0n) is 11.8. The highest BCUT2D eigenvalue weighted by atomic mass is 32.2. The minimum absolute atomic E-state index is 0.474. The number of aromatic nitrogens is 4. The summed E-state index contributed by atoms with van der Waals surface area (Å²) in [4.78, 5) is 17.1. The van der Waals surface area contributed by atoms with E-state index >= 15 is 0 Å². The zero-order valence-corrected chi connectivity index (χ0v) is 13.5. The first-order valence-electron chi connectivity index (χ1n) is 6.53. The lowest BCUT2D eigenvalue weighted by atomic mass is 10.5. The van der Waals surface area contributed by atoms with Gasteiger partial charge in [-0.1, -0.05) is 6.92 Å². The van der Waals surface area contributed by atoms with Gasteiger partial charge in [-0.2, -0.15) is 0 Å². The first-order valence-corrected chi connectivity index (χ1v) is 7.75. The lowest BCUT2D eigenvalue weighted by molar-refractivity contribution is 0.844. The van der Waals surface area contributed by atoms with Crippen LogP contribution in [0.2, 0.25) is 0 Å². The fraction of sp³-hybridized carbons (Fsp3) is 0.308. The van der Waals surface area contributed by atoms with E-state index in [-0.39, 0.29) is 0 Å². The second-order valence-corrected chi connectivity index (χ2v) is 5.58. The van der Waals surface area contributed by atoms with Gasteiger partial charge in [0.15, 0.2) is 10.3 Å². The van der Waals surface area contributed by atoms with E-state index in [9.17, 15) is 0 Å². The molecule has 6 nitrogen and oxygen atoms in total. The molecule has 2 rings (SSSR count). The SMILES string of the molecule is CCCNC(=S)Nc1nc(C)cc(Sc2ncccn2)n1. The van der Waals surface area contributed by atoms with Crippen LogP contribution in [0.1, 0.15) is 19.0 Å². The topological polar surface area (TPSA) is 75.6 Å². The Morgan fingerprint density at radius 2 is 2.05 bits per heavy atom. The van der Waals surface area contributed by atoms with Crippen LogP contribution in [0, 0.1) is 6.92 Å². The van der Waals surface area contributed by atoms with Crippen molar-refractivity contribution in [2.75, 3.05) is 11.9 Å². The first kappa shape index (κ1) is 15.6. The predicted octanol–water partition coefficient (Wildman–Crippen LogP) is 2.42. The van der Waals surface area contributed by atoms with Gasteiger partial charge in [0, 0.05) is 24.6 Å². The Kier molecular flexibility index (Phi) is 5.82. The van der Waals surface area contributed by atoms with Crippen LogP contribution in [0.25, 0.3) is 0 Å². The summed E-state index contributed by atoms with van der Waals surface area (Å²) in [6.07, 6.45) is 4.40. The average Bonchev–Trinajstić information content (AvgIpc) is 2.45. The van der Waals surface area contributed by atoms with Gasteiger partial charge in [0.1, 0.15) is 5.03 Å². The maximum absolute atomic E-state index is 5.18. The molecule has 0 aliphatic rings. The summed E-state index contributed by atoms with van der Waals surface area (Å²) in [5.74, 6) is 0.474. The third kappa shape index (κ3) is 5.24. The number of anilines is 1. The Balaban J connectivity index is 2.08. The maximum Gasteiger partial charge on any atom is 0.230 e. The van der Waals surface area contributed by atoms with Gasteiger partial charge in [0.25, 0.3) is 0 Å². The summed E-state index contributed by atoms with van der Waals surface area (Å²) < 4.78 is 0. The van der Waals surface area contributed by atoms with Crippen LogP contribution in [0.15, 0.2) is 34.7 Å². The molecule has 0 aromatic carbocycles. The van der Waals surface area contributed by atoms with Crippen molar-refractivity contribution in [3.05, 3.63) is 30.2 Å². The summed E-state index contributed by atoms with van der Waals surface area (Å²) in [7, 11) is 0. The molecule has 0 unspecified atom stereocenters. The van der Waals surface area contributed by atoms with Crippen LogP contribution >= 0.6 is 24.0 Å². The lowest BCUT2D eigenvalue weighted by Crippen LogP contribution is -2.29. The molecule has 0 saturated carbocycles. The predicted molar refractivity (Wildman–Crippen MR) is 87.4 cm³/mol. The van der Waals surface area contributed by atoms with E-state index in [0.717, 1.165) is 23.7 Å². The molecule has 21 heavy (non-hydrogen) atoms. The van der Waals surface area contributed by atoms with Gasteiger partial charge in [0.05, 0.1) is 0 Å². The number of nitrogens with one attached hydrogen (secondary N) is 2. The van der Waals surface area contributed by atoms with Gasteiger partial charge >= 0.3 is 0 Å². The van der Waals surface area contributed by atoms with Crippen molar-refractivity contribution < 1.29 is 0 Å². The van der Waals surface area contributed by atoms with Gasteiger partial charge in [-0.05, 0) is 49.5 Å². The number of nitrogens with zero attached hydrogens (tertiary/aromatic N) is 4. The molecule has 0 aliphatic carbocycles. The Labute approximate surface area is 133 Å². The van der Waals surface area contributed by atoms with Crippen molar-refractivity contribution in [2.45, 2.75) is 30.5 Å². The smallest absolute Gasteiger partial charge is 0.230 e. The highest BCUT2D eigenvalue weighted by molar-refractivity contribution is 7.99. The molecular formula is C13H16N6S2. The summed E-state index contributed by atoms with van der Waals surface area (Å²) >= 11 is 6.57. The van der Waals surface area contributed by atoms with Crippen LogP contribution in [0.3, 0.4) is 0 Å².